The minimum absolute atomic E-state index is 0.143. The van der Waals surface area contributed by atoms with Crippen LogP contribution in [0.5, 0.6) is 0 Å². The van der Waals surface area contributed by atoms with E-state index in [0.29, 0.717) is 0 Å². The molecule has 0 spiro atoms. The first-order valence-electron chi connectivity index (χ1n) is 6.60. The monoisotopic (exact) mass is 415 g/mol. The number of hydrogen-bond acceptors (Lipinski definition) is 4. The van der Waals surface area contributed by atoms with Crippen molar-refractivity contribution >= 4 is 39.1 Å². The molecular formula is C13H10Cl2F3N3O3S. The normalized spacial score (nSPS) is 12.2. The largest absolute Gasteiger partial charge is 0.390 e. The Labute approximate surface area is 150 Å². The molecule has 1 amide bonds. The molecule has 0 atom stereocenters. The molecule has 136 valence electrons. The van der Waals surface area contributed by atoms with Crippen LogP contribution in [0.25, 0.3) is 0 Å². The first-order valence-corrected chi connectivity index (χ1v) is 8.83. The van der Waals surface area contributed by atoms with Crippen molar-refractivity contribution in [1.82, 2.24) is 14.3 Å². The van der Waals surface area contributed by atoms with Crippen LogP contribution in [-0.2, 0) is 16.6 Å². The van der Waals surface area contributed by atoms with Crippen molar-refractivity contribution in [3.05, 3.63) is 46.5 Å². The fraction of sp³-hybridized carbons (Fsp3) is 0.231. The maximum atomic E-state index is 12.2. The van der Waals surface area contributed by atoms with Crippen LogP contribution in [0.2, 0.25) is 10.2 Å². The number of alkyl halides is 3. The Bertz CT molecular complexity index is 897. The van der Waals surface area contributed by atoms with E-state index in [1.807, 2.05) is 0 Å². The molecule has 25 heavy (non-hydrogen) atoms. The average Bonchev–Trinajstić information content (AvgIpc) is 2.85. The molecule has 12 heteroatoms. The van der Waals surface area contributed by atoms with E-state index in [2.05, 4.69) is 4.98 Å². The summed E-state index contributed by atoms with van der Waals surface area (Å²) in [5.41, 5.74) is -0.505. The fourth-order valence-electron chi connectivity index (χ4n) is 1.79. The van der Waals surface area contributed by atoms with Gasteiger partial charge in [-0.3, -0.25) is 4.79 Å². The summed E-state index contributed by atoms with van der Waals surface area (Å²) in [7, 11) is -4.25. The number of amides is 1. The van der Waals surface area contributed by atoms with Crippen LogP contribution in [0.1, 0.15) is 16.9 Å². The summed E-state index contributed by atoms with van der Waals surface area (Å²) in [6.07, 6.45) is -4.66. The van der Waals surface area contributed by atoms with Crippen LogP contribution in [0.15, 0.2) is 35.5 Å². The van der Waals surface area contributed by atoms with Gasteiger partial charge in [-0.2, -0.15) is 13.2 Å². The molecule has 0 aliphatic heterocycles. The van der Waals surface area contributed by atoms with Crippen LogP contribution in [-0.4, -0.2) is 30.1 Å². The third-order valence-corrected chi connectivity index (χ3v) is 4.92. The second kappa shape index (κ2) is 7.22. The summed E-state index contributed by atoms with van der Waals surface area (Å²) in [6, 6.07) is 5.16. The second-order valence-electron chi connectivity index (χ2n) is 4.83. The van der Waals surface area contributed by atoms with Gasteiger partial charge < -0.3 is 4.57 Å². The second-order valence-corrected chi connectivity index (χ2v) is 7.31. The highest BCUT2D eigenvalue weighted by atomic mass is 35.5. The van der Waals surface area contributed by atoms with E-state index in [4.69, 9.17) is 23.2 Å². The van der Waals surface area contributed by atoms with Gasteiger partial charge in [-0.25, -0.2) is 18.1 Å². The molecule has 6 nitrogen and oxygen atoms in total. The predicted molar refractivity (Wildman–Crippen MR) is 84.0 cm³/mol. The number of hydrogen-bond donors (Lipinski definition) is 1. The molecule has 1 aromatic carbocycles. The Kier molecular flexibility index (Phi) is 5.65. The Morgan fingerprint density at radius 3 is 2.56 bits per heavy atom. The molecule has 0 aliphatic carbocycles. The van der Waals surface area contributed by atoms with Crippen LogP contribution in [0.3, 0.4) is 0 Å². The highest BCUT2D eigenvalue weighted by Gasteiger charge is 2.28. The summed E-state index contributed by atoms with van der Waals surface area (Å²) in [6.45, 7) is -0.552. The molecule has 0 unspecified atom stereocenters. The molecule has 2 rings (SSSR count). The Morgan fingerprint density at radius 1 is 1.28 bits per heavy atom. The lowest BCUT2D eigenvalue weighted by Gasteiger charge is -2.08. The van der Waals surface area contributed by atoms with Crippen molar-refractivity contribution in [1.29, 1.82) is 0 Å². The lowest BCUT2D eigenvalue weighted by atomic mass is 10.4. The van der Waals surface area contributed by atoms with Crippen LogP contribution >= 0.6 is 23.2 Å². The molecule has 0 radical (unpaired) electrons. The van der Waals surface area contributed by atoms with Crippen molar-refractivity contribution in [3.8, 4) is 0 Å². The summed E-state index contributed by atoms with van der Waals surface area (Å²) in [5.74, 6) is -1.17. The standard InChI is InChI=1S/C13H10Cl2F3N3O3S/c14-8-2-1-3-9(6-8)25(23,24)20-12(22)10-11(15)21(7-19-10)5-4-13(16,17)18/h1-3,6-7H,4-5H2,(H,20,22). The number of aryl methyl sites for hydroxylation is 1. The smallest absolute Gasteiger partial charge is 0.321 e. The molecule has 2 aromatic rings. The van der Waals surface area contributed by atoms with E-state index in [9.17, 15) is 26.4 Å². The van der Waals surface area contributed by atoms with Gasteiger partial charge in [0.05, 0.1) is 17.6 Å². The molecular weight excluding hydrogens is 406 g/mol. The maximum Gasteiger partial charge on any atom is 0.390 e. The third-order valence-electron chi connectivity index (χ3n) is 2.96. The Morgan fingerprint density at radius 2 is 1.96 bits per heavy atom. The molecule has 0 fully saturated rings. The van der Waals surface area contributed by atoms with Gasteiger partial charge in [0.2, 0.25) is 0 Å². The zero-order valence-corrected chi connectivity index (χ0v) is 14.5. The molecule has 1 aromatic heterocycles. The Balaban J connectivity index is 2.17. The molecule has 0 bridgehead atoms. The number of carbonyl (C=O) groups excluding carboxylic acids is 1. The molecule has 0 aliphatic rings. The van der Waals surface area contributed by atoms with Crippen LogP contribution < -0.4 is 4.72 Å². The quantitative estimate of drug-likeness (QED) is 0.812. The van der Waals surface area contributed by atoms with Crippen molar-refractivity contribution in [2.24, 2.45) is 0 Å². The minimum Gasteiger partial charge on any atom is -0.321 e. The summed E-state index contributed by atoms with van der Waals surface area (Å²) in [4.78, 5) is 15.4. The van der Waals surface area contributed by atoms with Crippen molar-refractivity contribution in [3.63, 3.8) is 0 Å². The average molecular weight is 416 g/mol. The van der Waals surface area contributed by atoms with E-state index >= 15 is 0 Å². The third kappa shape index (κ3) is 5.10. The number of carbonyl (C=O) groups is 1. The highest BCUT2D eigenvalue weighted by molar-refractivity contribution is 7.90. The number of halogens is 5. The lowest BCUT2D eigenvalue weighted by Crippen LogP contribution is -2.31. The summed E-state index contributed by atoms with van der Waals surface area (Å²) < 4.78 is 63.6. The Hall–Kier alpha value is -1.78. The zero-order chi connectivity index (χ0) is 18.8. The molecule has 0 saturated heterocycles. The van der Waals surface area contributed by atoms with Gasteiger partial charge in [-0.15, -0.1) is 0 Å². The van der Waals surface area contributed by atoms with E-state index in [1.165, 1.54) is 18.2 Å². The number of sulfonamides is 1. The fourth-order valence-corrected chi connectivity index (χ4v) is 3.30. The van der Waals surface area contributed by atoms with Crippen LogP contribution in [0, 0.1) is 0 Å². The minimum atomic E-state index is -4.41. The first kappa shape index (κ1) is 19.5. The maximum absolute atomic E-state index is 12.2. The van der Waals surface area contributed by atoms with Crippen LogP contribution in [0.4, 0.5) is 13.2 Å². The molecule has 1 heterocycles. The summed E-state index contributed by atoms with van der Waals surface area (Å²) in [5, 5.41) is -0.257. The summed E-state index contributed by atoms with van der Waals surface area (Å²) >= 11 is 11.5. The number of nitrogens with one attached hydrogen (secondary N) is 1. The topological polar surface area (TPSA) is 81.1 Å². The van der Waals surface area contributed by atoms with Crippen molar-refractivity contribution in [2.75, 3.05) is 0 Å². The van der Waals surface area contributed by atoms with E-state index in [0.717, 1.165) is 17.0 Å². The van der Waals surface area contributed by atoms with Gasteiger partial charge in [-0.05, 0) is 18.2 Å². The highest BCUT2D eigenvalue weighted by Crippen LogP contribution is 2.23. The number of benzene rings is 1. The predicted octanol–water partition coefficient (Wildman–Crippen LogP) is 3.26. The lowest BCUT2D eigenvalue weighted by molar-refractivity contribution is -0.136. The zero-order valence-electron chi connectivity index (χ0n) is 12.2. The number of imidazole rings is 1. The van der Waals surface area contributed by atoms with Crippen molar-refractivity contribution < 1.29 is 26.4 Å². The van der Waals surface area contributed by atoms with Gasteiger partial charge in [0, 0.05) is 11.6 Å². The number of aromatic nitrogens is 2. The van der Waals surface area contributed by atoms with Gasteiger partial charge in [0.25, 0.3) is 15.9 Å². The number of rotatable bonds is 5. The van der Waals surface area contributed by atoms with E-state index in [-0.39, 0.29) is 9.92 Å². The van der Waals surface area contributed by atoms with Gasteiger partial charge in [0.1, 0.15) is 5.15 Å². The first-order chi connectivity index (χ1) is 11.5. The molecule has 1 N–H and O–H groups in total. The van der Waals surface area contributed by atoms with E-state index in [1.54, 1.807) is 4.72 Å². The van der Waals surface area contributed by atoms with Gasteiger partial charge in [-0.1, -0.05) is 29.3 Å². The van der Waals surface area contributed by atoms with E-state index < -0.39 is 45.9 Å². The SMILES string of the molecule is O=C(NS(=O)(=O)c1cccc(Cl)c1)c1ncn(CCC(F)(F)F)c1Cl. The molecule has 0 saturated carbocycles. The van der Waals surface area contributed by atoms with Crippen molar-refractivity contribution in [2.45, 2.75) is 24.0 Å². The van der Waals surface area contributed by atoms with Gasteiger partial charge >= 0.3 is 6.18 Å². The number of nitrogens with zero attached hydrogens (tertiary/aromatic N) is 2. The van der Waals surface area contributed by atoms with Gasteiger partial charge in [0.15, 0.2) is 5.69 Å².